The number of nitrogens with zero attached hydrogens (tertiary/aromatic N) is 1. The van der Waals surface area contributed by atoms with Gasteiger partial charge in [-0.1, -0.05) is 23.2 Å². The summed E-state index contributed by atoms with van der Waals surface area (Å²) in [4.78, 5) is 13.2. The first-order chi connectivity index (χ1) is 7.54. The molecule has 0 aliphatic heterocycles. The summed E-state index contributed by atoms with van der Waals surface area (Å²) in [5.41, 5.74) is 0.712. The zero-order valence-electron chi connectivity index (χ0n) is 9.26. The van der Waals surface area contributed by atoms with Crippen LogP contribution < -0.4 is 5.32 Å². The summed E-state index contributed by atoms with van der Waals surface area (Å²) in [5.74, 6) is 0.0218. The molecule has 0 aromatic heterocycles. The van der Waals surface area contributed by atoms with Gasteiger partial charge in [-0.25, -0.2) is 0 Å². The highest BCUT2D eigenvalue weighted by Gasteiger charge is 2.07. The molecule has 0 fully saturated rings. The zero-order chi connectivity index (χ0) is 12.1. The van der Waals surface area contributed by atoms with Gasteiger partial charge in [0.1, 0.15) is 0 Å². The Kier molecular flexibility index (Phi) is 4.90. The van der Waals surface area contributed by atoms with E-state index in [0.717, 1.165) is 0 Å². The van der Waals surface area contributed by atoms with Gasteiger partial charge >= 0.3 is 0 Å². The van der Waals surface area contributed by atoms with Crippen LogP contribution in [0, 0.1) is 0 Å². The Bertz CT molecular complexity index is 382. The number of rotatable bonds is 4. The Labute approximate surface area is 105 Å². The van der Waals surface area contributed by atoms with Crippen molar-refractivity contribution in [2.24, 2.45) is 0 Å². The van der Waals surface area contributed by atoms with E-state index >= 15 is 0 Å². The normalized spacial score (nSPS) is 10.0. The largest absolute Gasteiger partial charge is 0.375 e. The molecule has 0 bridgehead atoms. The van der Waals surface area contributed by atoms with Gasteiger partial charge in [0.05, 0.1) is 17.3 Å². The molecule has 0 unspecified atom stereocenters. The van der Waals surface area contributed by atoms with Crippen LogP contribution in [0.2, 0.25) is 10.0 Å². The standard InChI is InChI=1S/C11H14Cl2N2O/c1-3-15(2)11(16)7-14-10-5-4-8(12)6-9(10)13/h4-6,14H,3,7H2,1-2H3. The first-order valence-electron chi connectivity index (χ1n) is 4.97. The molecule has 5 heteroatoms. The molecule has 0 heterocycles. The van der Waals surface area contributed by atoms with Crippen molar-refractivity contribution < 1.29 is 4.79 Å². The zero-order valence-corrected chi connectivity index (χ0v) is 10.8. The Hall–Kier alpha value is -0.930. The number of likely N-dealkylation sites (N-methyl/N-ethyl adjacent to an activating group) is 1. The third-order valence-electron chi connectivity index (χ3n) is 2.26. The van der Waals surface area contributed by atoms with Crippen LogP contribution in [0.1, 0.15) is 6.92 Å². The van der Waals surface area contributed by atoms with Crippen molar-refractivity contribution in [2.45, 2.75) is 6.92 Å². The summed E-state index contributed by atoms with van der Waals surface area (Å²) in [6.45, 7) is 2.84. The van der Waals surface area contributed by atoms with Crippen LogP contribution in [-0.2, 0) is 4.79 Å². The molecule has 0 saturated carbocycles. The number of hydrogen-bond donors (Lipinski definition) is 1. The lowest BCUT2D eigenvalue weighted by Gasteiger charge is -2.15. The molecule has 3 nitrogen and oxygen atoms in total. The molecule has 0 atom stereocenters. The van der Waals surface area contributed by atoms with E-state index in [-0.39, 0.29) is 12.5 Å². The molecule has 0 aliphatic carbocycles. The molecule has 1 aromatic rings. The molecule has 16 heavy (non-hydrogen) atoms. The minimum Gasteiger partial charge on any atom is -0.375 e. The fraction of sp³-hybridized carbons (Fsp3) is 0.364. The predicted octanol–water partition coefficient (Wildman–Crippen LogP) is 2.88. The highest BCUT2D eigenvalue weighted by molar-refractivity contribution is 6.36. The van der Waals surface area contributed by atoms with Crippen molar-refractivity contribution in [1.82, 2.24) is 4.90 Å². The van der Waals surface area contributed by atoms with E-state index in [1.165, 1.54) is 0 Å². The Morgan fingerprint density at radius 3 is 2.69 bits per heavy atom. The van der Waals surface area contributed by atoms with E-state index in [0.29, 0.717) is 22.3 Å². The van der Waals surface area contributed by atoms with Crippen LogP contribution in [0.4, 0.5) is 5.69 Å². The monoisotopic (exact) mass is 260 g/mol. The molecule has 0 aliphatic rings. The fourth-order valence-electron chi connectivity index (χ4n) is 1.11. The fourth-order valence-corrected chi connectivity index (χ4v) is 1.59. The lowest BCUT2D eigenvalue weighted by Crippen LogP contribution is -2.31. The highest BCUT2D eigenvalue weighted by Crippen LogP contribution is 2.24. The summed E-state index contributed by atoms with van der Waals surface area (Å²) in [7, 11) is 1.76. The average Bonchev–Trinajstić information content (AvgIpc) is 2.26. The van der Waals surface area contributed by atoms with Crippen molar-refractivity contribution in [3.05, 3.63) is 28.2 Å². The predicted molar refractivity (Wildman–Crippen MR) is 68.3 cm³/mol. The van der Waals surface area contributed by atoms with E-state index in [1.54, 1.807) is 30.1 Å². The van der Waals surface area contributed by atoms with Gasteiger partial charge in [-0.2, -0.15) is 0 Å². The summed E-state index contributed by atoms with van der Waals surface area (Å²) in [5, 5.41) is 4.06. The summed E-state index contributed by atoms with van der Waals surface area (Å²) >= 11 is 11.7. The number of nitrogens with one attached hydrogen (secondary N) is 1. The lowest BCUT2D eigenvalue weighted by molar-refractivity contribution is -0.127. The van der Waals surface area contributed by atoms with Gasteiger partial charge in [-0.3, -0.25) is 4.79 Å². The second kappa shape index (κ2) is 5.97. The van der Waals surface area contributed by atoms with Crippen LogP contribution in [0.15, 0.2) is 18.2 Å². The topological polar surface area (TPSA) is 32.3 Å². The number of halogens is 2. The van der Waals surface area contributed by atoms with E-state index in [9.17, 15) is 4.79 Å². The van der Waals surface area contributed by atoms with E-state index in [4.69, 9.17) is 23.2 Å². The van der Waals surface area contributed by atoms with Gasteiger partial charge < -0.3 is 10.2 Å². The third-order valence-corrected chi connectivity index (χ3v) is 2.81. The van der Waals surface area contributed by atoms with Crippen molar-refractivity contribution in [1.29, 1.82) is 0 Å². The number of hydrogen-bond acceptors (Lipinski definition) is 2. The van der Waals surface area contributed by atoms with Crippen LogP contribution >= 0.6 is 23.2 Å². The minimum absolute atomic E-state index is 0.0218. The van der Waals surface area contributed by atoms with Crippen LogP contribution in [0.5, 0.6) is 0 Å². The molecule has 88 valence electrons. The number of carbonyl (C=O) groups excluding carboxylic acids is 1. The van der Waals surface area contributed by atoms with Gasteiger partial charge in [0.2, 0.25) is 5.91 Å². The average molecular weight is 261 g/mol. The van der Waals surface area contributed by atoms with Gasteiger partial charge in [0.15, 0.2) is 0 Å². The highest BCUT2D eigenvalue weighted by atomic mass is 35.5. The summed E-state index contributed by atoms with van der Waals surface area (Å²) < 4.78 is 0. The molecule has 0 radical (unpaired) electrons. The van der Waals surface area contributed by atoms with E-state index < -0.39 is 0 Å². The van der Waals surface area contributed by atoms with Gasteiger partial charge in [-0.15, -0.1) is 0 Å². The van der Waals surface area contributed by atoms with Crippen molar-refractivity contribution in [2.75, 3.05) is 25.5 Å². The number of amides is 1. The maximum absolute atomic E-state index is 11.5. The number of anilines is 1. The SMILES string of the molecule is CCN(C)C(=O)CNc1ccc(Cl)cc1Cl. The van der Waals surface area contributed by atoms with Gasteiger partial charge in [-0.05, 0) is 25.1 Å². The van der Waals surface area contributed by atoms with Crippen LogP contribution in [0.3, 0.4) is 0 Å². The number of carbonyl (C=O) groups is 1. The van der Waals surface area contributed by atoms with Gasteiger partial charge in [0, 0.05) is 18.6 Å². The first-order valence-corrected chi connectivity index (χ1v) is 5.73. The quantitative estimate of drug-likeness (QED) is 0.903. The maximum Gasteiger partial charge on any atom is 0.241 e. The van der Waals surface area contributed by atoms with Crippen molar-refractivity contribution >= 4 is 34.8 Å². The molecular weight excluding hydrogens is 247 g/mol. The Morgan fingerprint density at radius 2 is 2.12 bits per heavy atom. The molecule has 1 rings (SSSR count). The van der Waals surface area contributed by atoms with Crippen LogP contribution in [-0.4, -0.2) is 30.9 Å². The van der Waals surface area contributed by atoms with E-state index in [2.05, 4.69) is 5.32 Å². The summed E-state index contributed by atoms with van der Waals surface area (Å²) in [6, 6.07) is 5.12. The molecule has 1 N–H and O–H groups in total. The molecule has 1 amide bonds. The molecule has 1 aromatic carbocycles. The third kappa shape index (κ3) is 3.58. The maximum atomic E-state index is 11.5. The smallest absolute Gasteiger partial charge is 0.241 e. The van der Waals surface area contributed by atoms with Crippen LogP contribution in [0.25, 0.3) is 0 Å². The second-order valence-electron chi connectivity index (χ2n) is 3.39. The summed E-state index contributed by atoms with van der Waals surface area (Å²) in [6.07, 6.45) is 0. The van der Waals surface area contributed by atoms with Crippen molar-refractivity contribution in [3.8, 4) is 0 Å². The Morgan fingerprint density at radius 1 is 1.44 bits per heavy atom. The first kappa shape index (κ1) is 13.1. The second-order valence-corrected chi connectivity index (χ2v) is 4.23. The molecule has 0 spiro atoms. The van der Waals surface area contributed by atoms with Gasteiger partial charge in [0.25, 0.3) is 0 Å². The molecular formula is C11H14Cl2N2O. The van der Waals surface area contributed by atoms with Crippen molar-refractivity contribution in [3.63, 3.8) is 0 Å². The minimum atomic E-state index is 0.0218. The van der Waals surface area contributed by atoms with E-state index in [1.807, 2.05) is 6.92 Å². The number of benzene rings is 1. The lowest BCUT2D eigenvalue weighted by atomic mass is 10.3. The molecule has 0 saturated heterocycles. The Balaban J connectivity index is 2.58.